The van der Waals surface area contributed by atoms with Crippen LogP contribution in [-0.2, 0) is 14.3 Å². The second-order valence-corrected chi connectivity index (χ2v) is 4.67. The molecule has 0 aliphatic heterocycles. The van der Waals surface area contributed by atoms with Gasteiger partial charge < -0.3 is 10.1 Å². The Kier molecular flexibility index (Phi) is 6.61. The molecule has 1 N–H and O–H groups in total. The van der Waals surface area contributed by atoms with Gasteiger partial charge in [-0.3, -0.25) is 19.7 Å². The van der Waals surface area contributed by atoms with E-state index in [4.69, 9.17) is 16.3 Å². The summed E-state index contributed by atoms with van der Waals surface area (Å²) in [5.74, 6) is -1.12. The standard InChI is InChI=1S/C13H15ClN2O5/c1-2-3-4-13(18)21-8-12(17)15-10-6-5-9(14)7-11(10)16(19)20/h5-7H,2-4,8H2,1H3,(H,15,17). The first kappa shape index (κ1) is 16.9. The molecule has 0 unspecified atom stereocenters. The van der Waals surface area contributed by atoms with Crippen LogP contribution >= 0.6 is 11.6 Å². The van der Waals surface area contributed by atoms with Crippen LogP contribution in [0.25, 0.3) is 0 Å². The minimum atomic E-state index is -0.658. The quantitative estimate of drug-likeness (QED) is 0.474. The lowest BCUT2D eigenvalue weighted by molar-refractivity contribution is -0.383. The number of anilines is 1. The maximum Gasteiger partial charge on any atom is 0.306 e. The normalized spacial score (nSPS) is 10.0. The van der Waals surface area contributed by atoms with Crippen LogP contribution in [0.1, 0.15) is 26.2 Å². The molecule has 7 nitrogen and oxygen atoms in total. The molecule has 0 aliphatic carbocycles. The molecule has 0 spiro atoms. The third-order valence-electron chi connectivity index (χ3n) is 2.53. The summed E-state index contributed by atoms with van der Waals surface area (Å²) in [6, 6.07) is 3.86. The molecule has 1 aromatic rings. The summed E-state index contributed by atoms with van der Waals surface area (Å²) in [5, 5.41) is 13.3. The number of nitro benzene ring substituents is 1. The highest BCUT2D eigenvalue weighted by Gasteiger charge is 2.17. The van der Waals surface area contributed by atoms with Crippen molar-refractivity contribution < 1.29 is 19.2 Å². The van der Waals surface area contributed by atoms with Crippen LogP contribution in [0.3, 0.4) is 0 Å². The maximum atomic E-state index is 11.6. The lowest BCUT2D eigenvalue weighted by Gasteiger charge is -2.07. The number of rotatable bonds is 7. The zero-order chi connectivity index (χ0) is 15.8. The molecule has 8 heteroatoms. The number of benzene rings is 1. The first-order valence-corrected chi connectivity index (χ1v) is 6.71. The Morgan fingerprint density at radius 3 is 2.76 bits per heavy atom. The largest absolute Gasteiger partial charge is 0.456 e. The maximum absolute atomic E-state index is 11.6. The van der Waals surface area contributed by atoms with Crippen molar-refractivity contribution in [2.45, 2.75) is 26.2 Å². The van der Waals surface area contributed by atoms with Crippen molar-refractivity contribution in [3.8, 4) is 0 Å². The van der Waals surface area contributed by atoms with Crippen molar-refractivity contribution in [3.05, 3.63) is 33.3 Å². The molecule has 0 aliphatic rings. The van der Waals surface area contributed by atoms with E-state index in [2.05, 4.69) is 5.32 Å². The molecule has 21 heavy (non-hydrogen) atoms. The monoisotopic (exact) mass is 314 g/mol. The van der Waals surface area contributed by atoms with Crippen LogP contribution < -0.4 is 5.32 Å². The van der Waals surface area contributed by atoms with Crippen LogP contribution in [0.5, 0.6) is 0 Å². The predicted octanol–water partition coefficient (Wildman–Crippen LogP) is 2.92. The molecule has 114 valence electrons. The molecule has 1 aromatic carbocycles. The van der Waals surface area contributed by atoms with Crippen LogP contribution in [0.15, 0.2) is 18.2 Å². The zero-order valence-electron chi connectivity index (χ0n) is 11.4. The van der Waals surface area contributed by atoms with E-state index in [0.717, 1.165) is 12.5 Å². The van der Waals surface area contributed by atoms with E-state index in [9.17, 15) is 19.7 Å². The summed E-state index contributed by atoms with van der Waals surface area (Å²) < 4.78 is 4.76. The number of ether oxygens (including phenoxy) is 1. The number of carbonyl (C=O) groups is 2. The van der Waals surface area contributed by atoms with Crippen LogP contribution in [-0.4, -0.2) is 23.4 Å². The van der Waals surface area contributed by atoms with E-state index in [0.29, 0.717) is 6.42 Å². The smallest absolute Gasteiger partial charge is 0.306 e. The average Bonchev–Trinajstić information content (AvgIpc) is 2.44. The number of hydrogen-bond donors (Lipinski definition) is 1. The van der Waals surface area contributed by atoms with E-state index in [-0.39, 0.29) is 22.8 Å². The van der Waals surface area contributed by atoms with Crippen molar-refractivity contribution >= 4 is 34.9 Å². The molecule has 0 bridgehead atoms. The van der Waals surface area contributed by atoms with Gasteiger partial charge in [0.25, 0.3) is 11.6 Å². The summed E-state index contributed by atoms with van der Waals surface area (Å²) >= 11 is 5.66. The molecular formula is C13H15ClN2O5. The Balaban J connectivity index is 2.59. The third-order valence-corrected chi connectivity index (χ3v) is 2.76. The first-order valence-electron chi connectivity index (χ1n) is 6.33. The molecule has 1 amide bonds. The van der Waals surface area contributed by atoms with Gasteiger partial charge in [0.2, 0.25) is 0 Å². The number of unbranched alkanes of at least 4 members (excludes halogenated alkanes) is 1. The van der Waals surface area contributed by atoms with Gasteiger partial charge in [-0.05, 0) is 18.6 Å². The number of hydrogen-bond acceptors (Lipinski definition) is 5. The third kappa shape index (κ3) is 5.78. The van der Waals surface area contributed by atoms with Gasteiger partial charge in [0, 0.05) is 17.5 Å². The van der Waals surface area contributed by atoms with Gasteiger partial charge in [-0.2, -0.15) is 0 Å². The van der Waals surface area contributed by atoms with Crippen molar-refractivity contribution in [3.63, 3.8) is 0 Å². The number of halogens is 1. The highest BCUT2D eigenvalue weighted by Crippen LogP contribution is 2.27. The Bertz CT molecular complexity index is 547. The average molecular weight is 315 g/mol. The van der Waals surface area contributed by atoms with E-state index < -0.39 is 23.4 Å². The fourth-order valence-electron chi connectivity index (χ4n) is 1.49. The number of nitro groups is 1. The molecular weight excluding hydrogens is 300 g/mol. The van der Waals surface area contributed by atoms with E-state index in [1.165, 1.54) is 12.1 Å². The van der Waals surface area contributed by atoms with Crippen molar-refractivity contribution in [2.75, 3.05) is 11.9 Å². The lowest BCUT2D eigenvalue weighted by Crippen LogP contribution is -2.21. The summed E-state index contributed by atoms with van der Waals surface area (Å²) in [6.45, 7) is 1.45. The minimum Gasteiger partial charge on any atom is -0.456 e. The fraction of sp³-hybridized carbons (Fsp3) is 0.385. The SMILES string of the molecule is CCCCC(=O)OCC(=O)Nc1ccc(Cl)cc1[N+](=O)[O-]. The Morgan fingerprint density at radius 1 is 1.43 bits per heavy atom. The summed E-state index contributed by atoms with van der Waals surface area (Å²) in [4.78, 5) is 33.0. The second-order valence-electron chi connectivity index (χ2n) is 4.23. The zero-order valence-corrected chi connectivity index (χ0v) is 12.2. The topological polar surface area (TPSA) is 98.5 Å². The number of carbonyl (C=O) groups excluding carboxylic acids is 2. The van der Waals surface area contributed by atoms with Crippen molar-refractivity contribution in [1.82, 2.24) is 0 Å². The molecule has 0 atom stereocenters. The molecule has 0 fully saturated rings. The summed E-state index contributed by atoms with van der Waals surface area (Å²) in [6.07, 6.45) is 1.77. The van der Waals surface area contributed by atoms with Gasteiger partial charge in [-0.1, -0.05) is 24.9 Å². The summed E-state index contributed by atoms with van der Waals surface area (Å²) in [5.41, 5.74) is -0.327. The molecule has 0 saturated carbocycles. The van der Waals surface area contributed by atoms with Gasteiger partial charge in [0.15, 0.2) is 6.61 Å². The number of nitrogens with one attached hydrogen (secondary N) is 1. The fourth-order valence-corrected chi connectivity index (χ4v) is 1.65. The first-order chi connectivity index (χ1) is 9.93. The van der Waals surface area contributed by atoms with Crippen LogP contribution in [0.4, 0.5) is 11.4 Å². The highest BCUT2D eigenvalue weighted by atomic mass is 35.5. The van der Waals surface area contributed by atoms with E-state index in [1.807, 2.05) is 6.92 Å². The second kappa shape index (κ2) is 8.21. The van der Waals surface area contributed by atoms with Gasteiger partial charge >= 0.3 is 5.97 Å². The van der Waals surface area contributed by atoms with Crippen LogP contribution in [0.2, 0.25) is 5.02 Å². The molecule has 0 aromatic heterocycles. The van der Waals surface area contributed by atoms with E-state index >= 15 is 0 Å². The van der Waals surface area contributed by atoms with Crippen molar-refractivity contribution in [1.29, 1.82) is 0 Å². The minimum absolute atomic E-state index is 0.000919. The van der Waals surface area contributed by atoms with E-state index in [1.54, 1.807) is 0 Å². The molecule has 0 heterocycles. The van der Waals surface area contributed by atoms with Crippen molar-refractivity contribution in [2.24, 2.45) is 0 Å². The van der Waals surface area contributed by atoms with Gasteiger partial charge in [-0.25, -0.2) is 0 Å². The molecule has 0 radical (unpaired) electrons. The van der Waals surface area contributed by atoms with Gasteiger partial charge in [0.05, 0.1) is 4.92 Å². The van der Waals surface area contributed by atoms with Gasteiger partial charge in [-0.15, -0.1) is 0 Å². The Labute approximate surface area is 126 Å². The molecule has 1 rings (SSSR count). The predicted molar refractivity (Wildman–Crippen MR) is 77.2 cm³/mol. The number of esters is 1. The van der Waals surface area contributed by atoms with Crippen LogP contribution in [0, 0.1) is 10.1 Å². The Morgan fingerprint density at radius 2 is 2.14 bits per heavy atom. The summed E-state index contributed by atoms with van der Waals surface area (Å²) in [7, 11) is 0. The molecule has 0 saturated heterocycles. The number of amides is 1. The van der Waals surface area contributed by atoms with Gasteiger partial charge in [0.1, 0.15) is 5.69 Å². The Hall–Kier alpha value is -2.15. The number of nitrogens with zero attached hydrogens (tertiary/aromatic N) is 1. The highest BCUT2D eigenvalue weighted by molar-refractivity contribution is 6.31. The lowest BCUT2D eigenvalue weighted by atomic mass is 10.2.